The summed E-state index contributed by atoms with van der Waals surface area (Å²) in [5.41, 5.74) is 0. The second kappa shape index (κ2) is 4.61. The molecule has 2 N–H and O–H groups in total. The zero-order valence-corrected chi connectivity index (χ0v) is 9.32. The van der Waals surface area contributed by atoms with E-state index >= 15 is 0 Å². The molecule has 0 spiro atoms. The molecule has 0 bridgehead atoms. The summed E-state index contributed by atoms with van der Waals surface area (Å²) in [6, 6.07) is 0. The van der Waals surface area contributed by atoms with Gasteiger partial charge >= 0.3 is 11.8 Å². The second-order valence-corrected chi connectivity index (χ2v) is 4.15. The van der Waals surface area contributed by atoms with Crippen LogP contribution in [-0.2, 0) is 9.59 Å². The van der Waals surface area contributed by atoms with Crippen molar-refractivity contribution >= 4 is 17.8 Å². The first-order valence-corrected chi connectivity index (χ1v) is 5.58. The van der Waals surface area contributed by atoms with Crippen molar-refractivity contribution in [1.82, 2.24) is 15.5 Å². The quantitative estimate of drug-likeness (QED) is 0.599. The Bertz CT molecular complexity index is 322. The van der Waals surface area contributed by atoms with E-state index in [0.29, 0.717) is 18.4 Å². The molecular weight excluding hydrogens is 208 g/mol. The Morgan fingerprint density at radius 1 is 1.38 bits per heavy atom. The first-order valence-electron chi connectivity index (χ1n) is 5.58. The Balaban J connectivity index is 1.82. The van der Waals surface area contributed by atoms with Crippen LogP contribution in [0.2, 0.25) is 0 Å². The highest BCUT2D eigenvalue weighted by atomic mass is 16.2. The van der Waals surface area contributed by atoms with Gasteiger partial charge in [0.25, 0.3) is 0 Å². The third-order valence-corrected chi connectivity index (χ3v) is 2.99. The molecule has 2 fully saturated rings. The van der Waals surface area contributed by atoms with Crippen LogP contribution in [0.4, 0.5) is 0 Å². The number of hydrogen-bond donors (Lipinski definition) is 2. The van der Waals surface area contributed by atoms with E-state index in [2.05, 4.69) is 27.4 Å². The third-order valence-electron chi connectivity index (χ3n) is 2.99. The van der Waals surface area contributed by atoms with Gasteiger partial charge in [-0.15, -0.1) is 0 Å². The van der Waals surface area contributed by atoms with Gasteiger partial charge in [0.15, 0.2) is 0 Å². The van der Waals surface area contributed by atoms with Crippen molar-refractivity contribution in [1.29, 1.82) is 0 Å². The fourth-order valence-corrected chi connectivity index (χ4v) is 2.01. The molecule has 2 aliphatic rings. The summed E-state index contributed by atoms with van der Waals surface area (Å²) in [6.07, 6.45) is 1.13. The van der Waals surface area contributed by atoms with Gasteiger partial charge in [0, 0.05) is 13.1 Å². The average Bonchev–Trinajstić information content (AvgIpc) is 2.84. The summed E-state index contributed by atoms with van der Waals surface area (Å²) >= 11 is 0. The summed E-state index contributed by atoms with van der Waals surface area (Å²) in [5.74, 6) is -0.424. The van der Waals surface area contributed by atoms with Crippen molar-refractivity contribution in [3.63, 3.8) is 0 Å². The third kappa shape index (κ3) is 2.38. The maximum absolute atomic E-state index is 10.9. The number of rotatable bonds is 3. The first kappa shape index (κ1) is 11.1. The molecule has 1 atom stereocenters. The average molecular weight is 224 g/mol. The summed E-state index contributed by atoms with van der Waals surface area (Å²) < 4.78 is 0. The van der Waals surface area contributed by atoms with E-state index in [1.807, 2.05) is 0 Å². The van der Waals surface area contributed by atoms with Crippen LogP contribution in [0.5, 0.6) is 0 Å². The largest absolute Gasteiger partial charge is 0.316 e. The maximum atomic E-state index is 10.9. The van der Waals surface area contributed by atoms with Gasteiger partial charge in [-0.25, -0.2) is 0 Å². The van der Waals surface area contributed by atoms with E-state index in [9.17, 15) is 9.59 Å². The summed E-state index contributed by atoms with van der Waals surface area (Å²) in [4.78, 5) is 28.3. The predicted molar refractivity (Wildman–Crippen MR) is 58.8 cm³/mol. The molecule has 6 nitrogen and oxygen atoms in total. The Kier molecular flexibility index (Phi) is 3.19. The van der Waals surface area contributed by atoms with E-state index in [1.165, 1.54) is 0 Å². The number of nitrogens with zero attached hydrogens (tertiary/aromatic N) is 2. The van der Waals surface area contributed by atoms with Crippen LogP contribution in [0.25, 0.3) is 0 Å². The monoisotopic (exact) mass is 224 g/mol. The van der Waals surface area contributed by atoms with Crippen molar-refractivity contribution < 1.29 is 9.59 Å². The van der Waals surface area contributed by atoms with Crippen LogP contribution in [0, 0.1) is 5.92 Å². The Morgan fingerprint density at radius 3 is 2.62 bits per heavy atom. The minimum atomic E-state index is -0.625. The van der Waals surface area contributed by atoms with Crippen LogP contribution in [0.1, 0.15) is 13.3 Å². The highest BCUT2D eigenvalue weighted by molar-refractivity contribution is 6.45. The molecule has 16 heavy (non-hydrogen) atoms. The van der Waals surface area contributed by atoms with Crippen LogP contribution in [0.15, 0.2) is 4.99 Å². The van der Waals surface area contributed by atoms with E-state index in [-0.39, 0.29) is 0 Å². The number of hydrogen-bond acceptors (Lipinski definition) is 4. The SMILES string of the molecule is CCN1CCC(CN=C2NC(=O)C(=O)N2)C1. The molecule has 0 saturated carbocycles. The number of guanidine groups is 1. The van der Waals surface area contributed by atoms with Gasteiger partial charge in [0.1, 0.15) is 0 Å². The lowest BCUT2D eigenvalue weighted by Gasteiger charge is -2.11. The minimum absolute atomic E-state index is 0.296. The van der Waals surface area contributed by atoms with Gasteiger partial charge < -0.3 is 4.90 Å². The molecule has 2 saturated heterocycles. The smallest absolute Gasteiger partial charge is 0.303 e. The minimum Gasteiger partial charge on any atom is -0.303 e. The summed E-state index contributed by atoms with van der Waals surface area (Å²) in [7, 11) is 0. The molecule has 0 radical (unpaired) electrons. The standard InChI is InChI=1S/C10H16N4O2/c1-2-14-4-3-7(6-14)5-11-10-12-8(15)9(16)13-10/h7H,2-6H2,1H3,(H2,11,12,13,15,16). The molecule has 2 rings (SSSR count). The maximum Gasteiger partial charge on any atom is 0.316 e. The van der Waals surface area contributed by atoms with Crippen LogP contribution in [0.3, 0.4) is 0 Å². The van der Waals surface area contributed by atoms with Crippen LogP contribution < -0.4 is 10.6 Å². The summed E-state index contributed by atoms with van der Waals surface area (Å²) in [6.45, 7) is 6.04. The normalized spacial score (nSPS) is 25.8. The van der Waals surface area contributed by atoms with Crippen molar-refractivity contribution in [2.45, 2.75) is 13.3 Å². The number of likely N-dealkylation sites (tertiary alicyclic amines) is 1. The zero-order valence-electron chi connectivity index (χ0n) is 9.32. The Labute approximate surface area is 94.1 Å². The second-order valence-electron chi connectivity index (χ2n) is 4.15. The molecule has 1 unspecified atom stereocenters. The molecule has 0 aliphatic carbocycles. The topological polar surface area (TPSA) is 73.8 Å². The zero-order chi connectivity index (χ0) is 11.5. The molecule has 2 heterocycles. The van der Waals surface area contributed by atoms with Gasteiger partial charge in [-0.1, -0.05) is 6.92 Å². The lowest BCUT2D eigenvalue weighted by molar-refractivity contribution is -0.135. The fourth-order valence-electron chi connectivity index (χ4n) is 2.01. The van der Waals surface area contributed by atoms with Gasteiger partial charge in [-0.05, 0) is 25.4 Å². The van der Waals surface area contributed by atoms with Gasteiger partial charge in [-0.2, -0.15) is 0 Å². The van der Waals surface area contributed by atoms with E-state index < -0.39 is 11.8 Å². The fraction of sp³-hybridized carbons (Fsp3) is 0.700. The molecule has 0 aromatic carbocycles. The molecular formula is C10H16N4O2. The summed E-state index contributed by atoms with van der Waals surface area (Å²) in [5, 5.41) is 4.78. The van der Waals surface area contributed by atoms with Crippen LogP contribution in [-0.4, -0.2) is 48.9 Å². The van der Waals surface area contributed by atoms with Gasteiger partial charge in [-0.3, -0.25) is 25.2 Å². The number of carbonyl (C=O) groups is 2. The molecule has 88 valence electrons. The lowest BCUT2D eigenvalue weighted by Crippen LogP contribution is -2.27. The van der Waals surface area contributed by atoms with Crippen molar-refractivity contribution in [3.05, 3.63) is 0 Å². The number of nitrogens with one attached hydrogen (secondary N) is 2. The molecule has 6 heteroatoms. The van der Waals surface area contributed by atoms with E-state index in [1.54, 1.807) is 0 Å². The number of amides is 2. The van der Waals surface area contributed by atoms with E-state index in [0.717, 1.165) is 26.1 Å². The van der Waals surface area contributed by atoms with Crippen molar-refractivity contribution in [3.8, 4) is 0 Å². The predicted octanol–water partition coefficient (Wildman–Crippen LogP) is -1.07. The van der Waals surface area contributed by atoms with Gasteiger partial charge in [0.2, 0.25) is 5.96 Å². The molecule has 2 amide bonds. The first-order chi connectivity index (χ1) is 7.69. The van der Waals surface area contributed by atoms with Crippen LogP contribution >= 0.6 is 0 Å². The Hall–Kier alpha value is -1.43. The highest BCUT2D eigenvalue weighted by Crippen LogP contribution is 2.15. The molecule has 2 aliphatic heterocycles. The van der Waals surface area contributed by atoms with E-state index in [4.69, 9.17) is 0 Å². The van der Waals surface area contributed by atoms with Crippen molar-refractivity contribution in [2.75, 3.05) is 26.2 Å². The number of carbonyl (C=O) groups excluding carboxylic acids is 2. The highest BCUT2D eigenvalue weighted by Gasteiger charge is 2.26. The molecule has 0 aromatic heterocycles. The van der Waals surface area contributed by atoms with Crippen molar-refractivity contribution in [2.24, 2.45) is 10.9 Å². The Morgan fingerprint density at radius 2 is 2.06 bits per heavy atom. The lowest BCUT2D eigenvalue weighted by atomic mass is 10.1. The van der Waals surface area contributed by atoms with Gasteiger partial charge in [0.05, 0.1) is 0 Å². The number of aliphatic imine (C=N–C) groups is 1. The molecule has 0 aromatic rings.